The van der Waals surface area contributed by atoms with Crippen LogP contribution in [0.15, 0.2) is 59.3 Å². The van der Waals surface area contributed by atoms with Crippen molar-refractivity contribution in [3.8, 4) is 0 Å². The van der Waals surface area contributed by atoms with Crippen molar-refractivity contribution >= 4 is 17.5 Å². The van der Waals surface area contributed by atoms with Gasteiger partial charge in [-0.1, -0.05) is 18.2 Å². The number of nitrogens with zero attached hydrogens (tertiary/aromatic N) is 3. The maximum absolute atomic E-state index is 5.33. The molecule has 0 bridgehead atoms. The van der Waals surface area contributed by atoms with Gasteiger partial charge in [-0.2, -0.15) is 4.98 Å². The molecule has 5 heteroatoms. The van der Waals surface area contributed by atoms with Gasteiger partial charge in [-0.15, -0.1) is 0 Å². The SMILES string of the molecule is c1coc(CNc2ccnc(N3CCCc4ccccc43)n2)c1. The molecule has 3 aromatic rings. The number of hydrogen-bond donors (Lipinski definition) is 1. The van der Waals surface area contributed by atoms with Crippen molar-refractivity contribution in [1.29, 1.82) is 0 Å². The molecule has 3 heterocycles. The van der Waals surface area contributed by atoms with Crippen LogP contribution in [-0.2, 0) is 13.0 Å². The van der Waals surface area contributed by atoms with E-state index in [1.807, 2.05) is 18.2 Å². The number of para-hydroxylation sites is 1. The fourth-order valence-corrected chi connectivity index (χ4v) is 2.91. The third kappa shape index (κ3) is 2.90. The van der Waals surface area contributed by atoms with Crippen LogP contribution in [0.1, 0.15) is 17.7 Å². The largest absolute Gasteiger partial charge is 0.467 e. The Kier molecular flexibility index (Phi) is 3.68. The molecule has 0 atom stereocenters. The molecule has 0 saturated carbocycles. The highest BCUT2D eigenvalue weighted by molar-refractivity contribution is 5.64. The van der Waals surface area contributed by atoms with E-state index in [4.69, 9.17) is 4.42 Å². The van der Waals surface area contributed by atoms with Crippen LogP contribution in [0.2, 0.25) is 0 Å². The van der Waals surface area contributed by atoms with Crippen LogP contribution in [-0.4, -0.2) is 16.5 Å². The Morgan fingerprint density at radius 3 is 3.00 bits per heavy atom. The van der Waals surface area contributed by atoms with E-state index < -0.39 is 0 Å². The number of benzene rings is 1. The van der Waals surface area contributed by atoms with Gasteiger partial charge in [-0.25, -0.2) is 4.98 Å². The highest BCUT2D eigenvalue weighted by Gasteiger charge is 2.19. The molecule has 0 unspecified atom stereocenters. The van der Waals surface area contributed by atoms with Crippen molar-refractivity contribution < 1.29 is 4.42 Å². The van der Waals surface area contributed by atoms with Crippen LogP contribution in [0, 0.1) is 0 Å². The van der Waals surface area contributed by atoms with Crippen molar-refractivity contribution in [2.24, 2.45) is 0 Å². The molecular weight excluding hydrogens is 288 g/mol. The molecule has 1 aliphatic heterocycles. The summed E-state index contributed by atoms with van der Waals surface area (Å²) in [5.74, 6) is 2.42. The van der Waals surface area contributed by atoms with E-state index in [9.17, 15) is 0 Å². The van der Waals surface area contributed by atoms with Crippen molar-refractivity contribution in [3.05, 3.63) is 66.2 Å². The van der Waals surface area contributed by atoms with E-state index >= 15 is 0 Å². The normalized spacial score (nSPS) is 13.7. The smallest absolute Gasteiger partial charge is 0.231 e. The van der Waals surface area contributed by atoms with Crippen molar-refractivity contribution in [2.45, 2.75) is 19.4 Å². The van der Waals surface area contributed by atoms with E-state index in [0.29, 0.717) is 6.54 Å². The lowest BCUT2D eigenvalue weighted by Crippen LogP contribution is -2.26. The fraction of sp³-hybridized carbons (Fsp3) is 0.222. The van der Waals surface area contributed by atoms with Crippen LogP contribution in [0.4, 0.5) is 17.5 Å². The number of aromatic nitrogens is 2. The van der Waals surface area contributed by atoms with Gasteiger partial charge in [0.1, 0.15) is 11.6 Å². The standard InChI is InChI=1S/C18H18N4O/c1-2-8-16-14(5-1)6-3-11-22(16)18-19-10-9-17(21-18)20-13-15-7-4-12-23-15/h1-2,4-5,7-10,12H,3,6,11,13H2,(H,19,20,21). The molecule has 5 nitrogen and oxygen atoms in total. The second-order valence-corrected chi connectivity index (χ2v) is 5.56. The molecule has 1 aliphatic rings. The van der Waals surface area contributed by atoms with Gasteiger partial charge in [-0.3, -0.25) is 0 Å². The number of nitrogens with one attached hydrogen (secondary N) is 1. The summed E-state index contributed by atoms with van der Waals surface area (Å²) in [4.78, 5) is 11.3. The number of rotatable bonds is 4. The van der Waals surface area contributed by atoms with Gasteiger partial charge in [0.25, 0.3) is 0 Å². The van der Waals surface area contributed by atoms with Crippen LogP contribution in [0.25, 0.3) is 0 Å². The van der Waals surface area contributed by atoms with E-state index in [1.165, 1.54) is 11.3 Å². The lowest BCUT2D eigenvalue weighted by atomic mass is 10.0. The summed E-state index contributed by atoms with van der Waals surface area (Å²) >= 11 is 0. The second kappa shape index (κ2) is 6.12. The lowest BCUT2D eigenvalue weighted by molar-refractivity contribution is 0.518. The molecule has 0 amide bonds. The Bertz CT molecular complexity index is 785. The summed E-state index contributed by atoms with van der Waals surface area (Å²) in [7, 11) is 0. The van der Waals surface area contributed by atoms with Gasteiger partial charge in [0.2, 0.25) is 5.95 Å². The monoisotopic (exact) mass is 306 g/mol. The molecule has 0 saturated heterocycles. The zero-order chi connectivity index (χ0) is 15.5. The summed E-state index contributed by atoms with van der Waals surface area (Å²) in [6.45, 7) is 1.55. The number of aryl methyl sites for hydroxylation is 1. The van der Waals surface area contributed by atoms with Gasteiger partial charge < -0.3 is 14.6 Å². The zero-order valence-corrected chi connectivity index (χ0v) is 12.8. The number of anilines is 3. The summed E-state index contributed by atoms with van der Waals surface area (Å²) in [5.41, 5.74) is 2.57. The zero-order valence-electron chi connectivity index (χ0n) is 12.8. The summed E-state index contributed by atoms with van der Waals surface area (Å²) in [6.07, 6.45) is 5.70. The van der Waals surface area contributed by atoms with Crippen LogP contribution in [0.5, 0.6) is 0 Å². The Morgan fingerprint density at radius 2 is 2.09 bits per heavy atom. The first-order valence-corrected chi connectivity index (χ1v) is 7.85. The molecule has 116 valence electrons. The molecule has 4 rings (SSSR count). The van der Waals surface area contributed by atoms with Crippen molar-refractivity contribution in [2.75, 3.05) is 16.8 Å². The fourth-order valence-electron chi connectivity index (χ4n) is 2.91. The molecule has 2 aromatic heterocycles. The molecule has 0 fully saturated rings. The summed E-state index contributed by atoms with van der Waals surface area (Å²) < 4.78 is 5.33. The Labute approximate surface area is 135 Å². The number of fused-ring (bicyclic) bond motifs is 1. The third-order valence-electron chi connectivity index (χ3n) is 4.02. The van der Waals surface area contributed by atoms with Gasteiger partial charge in [-0.05, 0) is 42.7 Å². The quantitative estimate of drug-likeness (QED) is 0.795. The lowest BCUT2D eigenvalue weighted by Gasteiger charge is -2.29. The first-order valence-electron chi connectivity index (χ1n) is 7.85. The Hall–Kier alpha value is -2.82. The average Bonchev–Trinajstić information content (AvgIpc) is 3.13. The molecule has 0 spiro atoms. The van der Waals surface area contributed by atoms with E-state index in [0.717, 1.165) is 36.9 Å². The van der Waals surface area contributed by atoms with E-state index in [-0.39, 0.29) is 0 Å². The maximum Gasteiger partial charge on any atom is 0.231 e. The molecule has 23 heavy (non-hydrogen) atoms. The molecule has 1 N–H and O–H groups in total. The minimum absolute atomic E-state index is 0.611. The highest BCUT2D eigenvalue weighted by atomic mass is 16.3. The molecule has 1 aromatic carbocycles. The average molecular weight is 306 g/mol. The maximum atomic E-state index is 5.33. The summed E-state index contributed by atoms with van der Waals surface area (Å²) in [6, 6.07) is 14.2. The number of furan rings is 1. The molecular formula is C18H18N4O. The van der Waals surface area contributed by atoms with Crippen LogP contribution >= 0.6 is 0 Å². The Morgan fingerprint density at radius 1 is 1.13 bits per heavy atom. The van der Waals surface area contributed by atoms with E-state index in [1.54, 1.807) is 12.5 Å². The van der Waals surface area contributed by atoms with Crippen LogP contribution < -0.4 is 10.2 Å². The summed E-state index contributed by atoms with van der Waals surface area (Å²) in [5, 5.41) is 3.28. The van der Waals surface area contributed by atoms with Crippen molar-refractivity contribution in [1.82, 2.24) is 9.97 Å². The topological polar surface area (TPSA) is 54.2 Å². The van der Waals surface area contributed by atoms with E-state index in [2.05, 4.69) is 44.5 Å². The molecule has 0 aliphatic carbocycles. The third-order valence-corrected chi connectivity index (χ3v) is 4.02. The van der Waals surface area contributed by atoms with Crippen LogP contribution in [0.3, 0.4) is 0 Å². The highest BCUT2D eigenvalue weighted by Crippen LogP contribution is 2.31. The molecule has 0 radical (unpaired) electrons. The van der Waals surface area contributed by atoms with Gasteiger partial charge in [0, 0.05) is 18.4 Å². The predicted molar refractivity (Wildman–Crippen MR) is 89.8 cm³/mol. The predicted octanol–water partition coefficient (Wildman–Crippen LogP) is 3.77. The first-order chi connectivity index (χ1) is 11.4. The van der Waals surface area contributed by atoms with Gasteiger partial charge in [0.15, 0.2) is 0 Å². The minimum Gasteiger partial charge on any atom is -0.467 e. The number of hydrogen-bond acceptors (Lipinski definition) is 5. The van der Waals surface area contributed by atoms with Gasteiger partial charge in [0.05, 0.1) is 12.8 Å². The second-order valence-electron chi connectivity index (χ2n) is 5.56. The minimum atomic E-state index is 0.611. The first kappa shape index (κ1) is 13.8. The van der Waals surface area contributed by atoms with Gasteiger partial charge >= 0.3 is 0 Å². The van der Waals surface area contributed by atoms with Crippen molar-refractivity contribution in [3.63, 3.8) is 0 Å². The Balaban J connectivity index is 1.57.